The van der Waals surface area contributed by atoms with Crippen molar-refractivity contribution in [3.63, 3.8) is 0 Å². The van der Waals surface area contributed by atoms with Gasteiger partial charge in [0.15, 0.2) is 0 Å². The van der Waals surface area contributed by atoms with Crippen LogP contribution < -0.4 is 5.32 Å². The van der Waals surface area contributed by atoms with Crippen LogP contribution in [0.25, 0.3) is 28.2 Å². The standard InChI is InChI=1S/C23H20N4O2/c28-22(29)26-23(11-4-12-23)18-9-7-17(8-10-18)20-19(16-5-2-1-3-6-16)15-27-14-13-24-21(27)25-20/h1-3,5-10,13-15,26H,4,11-12H2,(H,28,29). The first kappa shape index (κ1) is 17.4. The van der Waals surface area contributed by atoms with Crippen LogP contribution in [0.4, 0.5) is 4.79 Å². The molecular weight excluding hydrogens is 364 g/mol. The van der Waals surface area contributed by atoms with Crippen molar-refractivity contribution in [2.45, 2.75) is 24.8 Å². The van der Waals surface area contributed by atoms with Gasteiger partial charge in [0.1, 0.15) is 0 Å². The monoisotopic (exact) mass is 384 g/mol. The molecule has 2 N–H and O–H groups in total. The quantitative estimate of drug-likeness (QED) is 0.534. The minimum absolute atomic E-state index is 0.465. The number of hydrogen-bond donors (Lipinski definition) is 2. The molecule has 4 aromatic rings. The second-order valence-electron chi connectivity index (χ2n) is 7.45. The summed E-state index contributed by atoms with van der Waals surface area (Å²) in [6.45, 7) is 0. The van der Waals surface area contributed by atoms with E-state index in [1.165, 1.54) is 0 Å². The number of aromatic nitrogens is 3. The first-order valence-corrected chi connectivity index (χ1v) is 9.66. The Labute approximate surface area is 167 Å². The van der Waals surface area contributed by atoms with Gasteiger partial charge in [-0.1, -0.05) is 54.6 Å². The third-order valence-corrected chi connectivity index (χ3v) is 5.73. The smallest absolute Gasteiger partial charge is 0.405 e. The molecule has 29 heavy (non-hydrogen) atoms. The molecule has 1 aliphatic rings. The van der Waals surface area contributed by atoms with E-state index in [1.807, 2.05) is 59.3 Å². The summed E-state index contributed by atoms with van der Waals surface area (Å²) in [5, 5.41) is 11.9. The molecule has 0 bridgehead atoms. The Morgan fingerprint density at radius 1 is 1.03 bits per heavy atom. The molecule has 1 aliphatic carbocycles. The van der Waals surface area contributed by atoms with Crippen LogP contribution in [0.5, 0.6) is 0 Å². The first-order valence-electron chi connectivity index (χ1n) is 9.66. The van der Waals surface area contributed by atoms with Crippen molar-refractivity contribution in [2.75, 3.05) is 0 Å². The summed E-state index contributed by atoms with van der Waals surface area (Å²) in [5.41, 5.74) is 4.47. The molecule has 0 unspecified atom stereocenters. The Morgan fingerprint density at radius 3 is 2.45 bits per heavy atom. The van der Waals surface area contributed by atoms with Crippen LogP contribution in [0.1, 0.15) is 24.8 Å². The Morgan fingerprint density at radius 2 is 1.79 bits per heavy atom. The van der Waals surface area contributed by atoms with Crippen molar-refractivity contribution in [2.24, 2.45) is 0 Å². The van der Waals surface area contributed by atoms with Crippen LogP contribution in [-0.2, 0) is 5.54 Å². The molecule has 0 saturated heterocycles. The van der Waals surface area contributed by atoms with Gasteiger partial charge in [-0.3, -0.25) is 4.40 Å². The van der Waals surface area contributed by atoms with Gasteiger partial charge in [-0.2, -0.15) is 0 Å². The molecule has 0 radical (unpaired) electrons. The van der Waals surface area contributed by atoms with E-state index < -0.39 is 11.6 Å². The molecule has 1 amide bonds. The van der Waals surface area contributed by atoms with Gasteiger partial charge in [-0.15, -0.1) is 0 Å². The van der Waals surface area contributed by atoms with E-state index in [2.05, 4.69) is 22.4 Å². The zero-order valence-electron chi connectivity index (χ0n) is 15.7. The molecule has 2 aromatic heterocycles. The molecule has 144 valence electrons. The molecule has 5 rings (SSSR count). The minimum Gasteiger partial charge on any atom is -0.465 e. The van der Waals surface area contributed by atoms with E-state index in [0.29, 0.717) is 5.78 Å². The van der Waals surface area contributed by atoms with Crippen LogP contribution in [0.2, 0.25) is 0 Å². The molecular formula is C23H20N4O2. The molecule has 2 heterocycles. The van der Waals surface area contributed by atoms with Gasteiger partial charge in [0.2, 0.25) is 5.78 Å². The van der Waals surface area contributed by atoms with Gasteiger partial charge in [-0.25, -0.2) is 14.8 Å². The summed E-state index contributed by atoms with van der Waals surface area (Å²) < 4.78 is 1.92. The summed E-state index contributed by atoms with van der Waals surface area (Å²) >= 11 is 0. The fraction of sp³-hybridized carbons (Fsp3) is 0.174. The number of rotatable bonds is 4. The number of imidazole rings is 1. The number of hydrogen-bond acceptors (Lipinski definition) is 3. The van der Waals surface area contributed by atoms with E-state index in [0.717, 1.165) is 47.2 Å². The number of benzene rings is 2. The zero-order chi connectivity index (χ0) is 19.8. The molecule has 2 aromatic carbocycles. The first-order chi connectivity index (χ1) is 14.1. The van der Waals surface area contributed by atoms with Gasteiger partial charge >= 0.3 is 6.09 Å². The Hall–Kier alpha value is -3.67. The van der Waals surface area contributed by atoms with Crippen molar-refractivity contribution < 1.29 is 9.90 Å². The predicted molar refractivity (Wildman–Crippen MR) is 111 cm³/mol. The Balaban J connectivity index is 1.60. The number of carbonyl (C=O) groups is 1. The predicted octanol–water partition coefficient (Wildman–Crippen LogP) is 4.71. The third-order valence-electron chi connectivity index (χ3n) is 5.73. The molecule has 0 spiro atoms. The number of nitrogens with zero attached hydrogens (tertiary/aromatic N) is 3. The number of fused-ring (bicyclic) bond motifs is 1. The van der Waals surface area contributed by atoms with Gasteiger partial charge < -0.3 is 10.4 Å². The fourth-order valence-corrected chi connectivity index (χ4v) is 4.07. The van der Waals surface area contributed by atoms with Crippen molar-refractivity contribution >= 4 is 11.9 Å². The summed E-state index contributed by atoms with van der Waals surface area (Å²) in [6.07, 6.45) is 7.37. The largest absolute Gasteiger partial charge is 0.465 e. The van der Waals surface area contributed by atoms with Gasteiger partial charge in [0.25, 0.3) is 0 Å². The summed E-state index contributed by atoms with van der Waals surface area (Å²) in [4.78, 5) is 20.4. The normalized spacial score (nSPS) is 15.0. The van der Waals surface area contributed by atoms with Crippen molar-refractivity contribution in [1.29, 1.82) is 0 Å². The highest BCUT2D eigenvalue weighted by Crippen LogP contribution is 2.42. The van der Waals surface area contributed by atoms with Crippen LogP contribution >= 0.6 is 0 Å². The second-order valence-corrected chi connectivity index (χ2v) is 7.45. The number of amides is 1. The maximum atomic E-state index is 11.2. The fourth-order valence-electron chi connectivity index (χ4n) is 4.07. The lowest BCUT2D eigenvalue weighted by molar-refractivity contribution is 0.144. The lowest BCUT2D eigenvalue weighted by atomic mass is 9.71. The lowest BCUT2D eigenvalue weighted by Crippen LogP contribution is -2.50. The highest BCUT2D eigenvalue weighted by atomic mass is 16.4. The number of carboxylic acid groups (broad SMARTS) is 1. The number of nitrogens with one attached hydrogen (secondary N) is 1. The third kappa shape index (κ3) is 3.02. The van der Waals surface area contributed by atoms with E-state index in [1.54, 1.807) is 6.20 Å². The highest BCUT2D eigenvalue weighted by molar-refractivity contribution is 5.81. The van der Waals surface area contributed by atoms with E-state index >= 15 is 0 Å². The van der Waals surface area contributed by atoms with Crippen molar-refractivity contribution in [3.05, 3.63) is 78.8 Å². The minimum atomic E-state index is -0.980. The topological polar surface area (TPSA) is 79.5 Å². The Kier molecular flexibility index (Phi) is 4.05. The van der Waals surface area contributed by atoms with Gasteiger partial charge in [-0.05, 0) is 30.4 Å². The summed E-state index contributed by atoms with van der Waals surface area (Å²) in [5.74, 6) is 0.645. The average molecular weight is 384 g/mol. The molecule has 1 fully saturated rings. The van der Waals surface area contributed by atoms with Gasteiger partial charge in [0.05, 0.1) is 11.2 Å². The second kappa shape index (κ2) is 6.74. The maximum absolute atomic E-state index is 11.2. The highest BCUT2D eigenvalue weighted by Gasteiger charge is 2.40. The van der Waals surface area contributed by atoms with Crippen molar-refractivity contribution in [3.8, 4) is 22.4 Å². The van der Waals surface area contributed by atoms with Crippen molar-refractivity contribution in [1.82, 2.24) is 19.7 Å². The van der Waals surface area contributed by atoms with Crippen LogP contribution in [0.3, 0.4) is 0 Å². The maximum Gasteiger partial charge on any atom is 0.405 e. The SMILES string of the molecule is O=C(O)NC1(c2ccc(-c3nc4nccn4cc3-c3ccccc3)cc2)CCC1. The molecule has 6 heteroatoms. The van der Waals surface area contributed by atoms with E-state index in [4.69, 9.17) is 4.98 Å². The summed E-state index contributed by atoms with van der Waals surface area (Å²) in [6, 6.07) is 18.2. The Bertz CT molecular complexity index is 1180. The van der Waals surface area contributed by atoms with E-state index in [-0.39, 0.29) is 0 Å². The molecule has 6 nitrogen and oxygen atoms in total. The van der Waals surface area contributed by atoms with Gasteiger partial charge in [0, 0.05) is 29.7 Å². The van der Waals surface area contributed by atoms with E-state index in [9.17, 15) is 9.90 Å². The van der Waals surface area contributed by atoms with Crippen LogP contribution in [0, 0.1) is 0 Å². The summed E-state index contributed by atoms with van der Waals surface area (Å²) in [7, 11) is 0. The molecule has 0 atom stereocenters. The van der Waals surface area contributed by atoms with Crippen LogP contribution in [0.15, 0.2) is 73.2 Å². The van der Waals surface area contributed by atoms with Crippen LogP contribution in [-0.4, -0.2) is 25.6 Å². The zero-order valence-corrected chi connectivity index (χ0v) is 15.7. The molecule has 1 saturated carbocycles. The lowest BCUT2D eigenvalue weighted by Gasteiger charge is -2.42. The molecule has 0 aliphatic heterocycles. The average Bonchev–Trinajstić information content (AvgIpc) is 3.18.